The average molecular weight is 485 g/mol. The molecule has 0 heterocycles. The second kappa shape index (κ2) is 10.8. The Labute approximate surface area is 207 Å². The molecule has 4 amide bonds. The summed E-state index contributed by atoms with van der Waals surface area (Å²) in [5, 5.41) is 5.40. The molecule has 9 nitrogen and oxygen atoms in total. The van der Waals surface area contributed by atoms with Gasteiger partial charge in [-0.25, -0.2) is 4.79 Å². The maximum atomic E-state index is 13.9. The molecule has 1 aromatic carbocycles. The van der Waals surface area contributed by atoms with Gasteiger partial charge in [-0.15, -0.1) is 6.42 Å². The minimum Gasteiger partial charge on any atom is -0.444 e. The minimum absolute atomic E-state index is 0.264. The molecule has 0 aliphatic heterocycles. The number of benzene rings is 1. The number of hydrogen-bond donors (Lipinski definition) is 3. The van der Waals surface area contributed by atoms with Crippen LogP contribution in [0.1, 0.15) is 78.0 Å². The van der Waals surface area contributed by atoms with Crippen LogP contribution in [0.4, 0.5) is 4.79 Å². The third kappa shape index (κ3) is 8.32. The lowest BCUT2D eigenvalue weighted by Crippen LogP contribution is -2.56. The average Bonchev–Trinajstić information content (AvgIpc) is 3.52. The molecule has 0 radical (unpaired) electrons. The summed E-state index contributed by atoms with van der Waals surface area (Å²) in [4.78, 5) is 53.1. The van der Waals surface area contributed by atoms with E-state index in [4.69, 9.17) is 16.9 Å². The first kappa shape index (κ1) is 27.7. The Hall–Kier alpha value is -3.54. The molecule has 0 bridgehead atoms. The summed E-state index contributed by atoms with van der Waals surface area (Å²) >= 11 is 0. The molecule has 1 aromatic rings. The van der Waals surface area contributed by atoms with Crippen LogP contribution in [0, 0.1) is 12.3 Å². The Morgan fingerprint density at radius 1 is 1.14 bits per heavy atom. The summed E-state index contributed by atoms with van der Waals surface area (Å²) in [5.41, 5.74) is 4.94. The Morgan fingerprint density at radius 2 is 1.74 bits per heavy atom. The van der Waals surface area contributed by atoms with E-state index >= 15 is 0 Å². The number of rotatable bonds is 8. The standard InChI is InChI=1S/C26H36N4O5/c1-8-16-11-9-10-12-18(16)21(22(32)29-25(2,3)4)30(17-13-14-17)23(33)19(15-20(27)31)28-24(34)35-26(5,6)7/h1,9-12,17,19,21H,13-15H2,2-7H3,(H2,27,31)(H,28,34)(H,29,32). The molecule has 0 aromatic heterocycles. The Bertz CT molecular complexity index is 1010. The number of alkyl carbamates (subject to hydrolysis) is 1. The number of ether oxygens (including phenoxy) is 1. The fourth-order valence-electron chi connectivity index (χ4n) is 3.62. The van der Waals surface area contributed by atoms with Gasteiger partial charge in [0.15, 0.2) is 0 Å². The van der Waals surface area contributed by atoms with Gasteiger partial charge in [0.2, 0.25) is 17.7 Å². The van der Waals surface area contributed by atoms with Crippen molar-refractivity contribution in [1.29, 1.82) is 0 Å². The summed E-state index contributed by atoms with van der Waals surface area (Å²) in [5.74, 6) is 0.768. The van der Waals surface area contributed by atoms with E-state index in [2.05, 4.69) is 16.6 Å². The maximum absolute atomic E-state index is 13.9. The SMILES string of the molecule is C#Cc1ccccc1C(C(=O)NC(C)(C)C)N(C(=O)C(CC(N)=O)NC(=O)OC(C)(C)C)C1CC1. The van der Waals surface area contributed by atoms with Gasteiger partial charge in [0.25, 0.3) is 0 Å². The van der Waals surface area contributed by atoms with E-state index in [-0.39, 0.29) is 6.04 Å². The van der Waals surface area contributed by atoms with Crippen LogP contribution >= 0.6 is 0 Å². The molecule has 2 atom stereocenters. The van der Waals surface area contributed by atoms with Crippen molar-refractivity contribution in [3.8, 4) is 12.3 Å². The first-order chi connectivity index (χ1) is 16.1. The molecule has 190 valence electrons. The summed E-state index contributed by atoms with van der Waals surface area (Å²) < 4.78 is 5.27. The highest BCUT2D eigenvalue weighted by atomic mass is 16.6. The zero-order valence-corrected chi connectivity index (χ0v) is 21.3. The van der Waals surface area contributed by atoms with Gasteiger partial charge in [-0.1, -0.05) is 24.1 Å². The summed E-state index contributed by atoms with van der Waals surface area (Å²) in [7, 11) is 0. The Balaban J connectivity index is 2.53. The first-order valence-electron chi connectivity index (χ1n) is 11.6. The fourth-order valence-corrected chi connectivity index (χ4v) is 3.62. The number of amides is 4. The van der Waals surface area contributed by atoms with E-state index in [1.165, 1.54) is 4.90 Å². The van der Waals surface area contributed by atoms with Crippen LogP contribution in [-0.4, -0.2) is 51.9 Å². The largest absolute Gasteiger partial charge is 0.444 e. The zero-order chi connectivity index (χ0) is 26.6. The van der Waals surface area contributed by atoms with E-state index in [0.29, 0.717) is 24.0 Å². The second-order valence-electron chi connectivity index (χ2n) is 10.7. The molecular weight excluding hydrogens is 448 g/mol. The van der Waals surface area contributed by atoms with E-state index in [9.17, 15) is 19.2 Å². The van der Waals surface area contributed by atoms with Crippen molar-refractivity contribution in [2.24, 2.45) is 5.73 Å². The van der Waals surface area contributed by atoms with Crippen LogP contribution in [0.25, 0.3) is 0 Å². The number of nitrogens with one attached hydrogen (secondary N) is 2. The molecule has 1 aliphatic rings. The molecule has 9 heteroatoms. The number of primary amides is 1. The van der Waals surface area contributed by atoms with E-state index in [1.54, 1.807) is 45.0 Å². The molecule has 2 unspecified atom stereocenters. The first-order valence-corrected chi connectivity index (χ1v) is 11.6. The topological polar surface area (TPSA) is 131 Å². The number of hydrogen-bond acceptors (Lipinski definition) is 5. The lowest BCUT2D eigenvalue weighted by molar-refractivity contribution is -0.144. The molecular formula is C26H36N4O5. The summed E-state index contributed by atoms with van der Waals surface area (Å²) in [6, 6.07) is 4.24. The normalized spacial score (nSPS) is 15.2. The lowest BCUT2D eigenvalue weighted by Gasteiger charge is -2.36. The number of carbonyl (C=O) groups excluding carboxylic acids is 4. The molecule has 0 spiro atoms. The van der Waals surface area contributed by atoms with Gasteiger partial charge < -0.3 is 26.0 Å². The van der Waals surface area contributed by atoms with Crippen molar-refractivity contribution in [2.45, 2.75) is 90.1 Å². The predicted molar refractivity (Wildman–Crippen MR) is 132 cm³/mol. The third-order valence-electron chi connectivity index (χ3n) is 5.02. The van der Waals surface area contributed by atoms with Crippen LogP contribution in [0.15, 0.2) is 24.3 Å². The predicted octanol–water partition coefficient (Wildman–Crippen LogP) is 2.38. The monoisotopic (exact) mass is 484 g/mol. The molecule has 1 fully saturated rings. The van der Waals surface area contributed by atoms with Gasteiger partial charge in [-0.05, 0) is 66.0 Å². The van der Waals surface area contributed by atoms with Crippen molar-refractivity contribution >= 4 is 23.8 Å². The number of nitrogens with zero attached hydrogens (tertiary/aromatic N) is 1. The molecule has 1 aliphatic carbocycles. The van der Waals surface area contributed by atoms with Gasteiger partial charge >= 0.3 is 6.09 Å². The Kier molecular flexibility index (Phi) is 8.55. The van der Waals surface area contributed by atoms with E-state index < -0.39 is 53.5 Å². The number of nitrogens with two attached hydrogens (primary N) is 1. The molecule has 35 heavy (non-hydrogen) atoms. The molecule has 2 rings (SSSR count). The second-order valence-corrected chi connectivity index (χ2v) is 10.7. The van der Waals surface area contributed by atoms with Crippen molar-refractivity contribution in [3.63, 3.8) is 0 Å². The molecule has 4 N–H and O–H groups in total. The molecule has 0 saturated heterocycles. The van der Waals surface area contributed by atoms with Crippen LogP contribution < -0.4 is 16.4 Å². The van der Waals surface area contributed by atoms with Crippen LogP contribution in [0.3, 0.4) is 0 Å². The Morgan fingerprint density at radius 3 is 2.23 bits per heavy atom. The van der Waals surface area contributed by atoms with Crippen LogP contribution in [-0.2, 0) is 19.1 Å². The van der Waals surface area contributed by atoms with Gasteiger partial charge in [0.05, 0.1) is 6.42 Å². The fraction of sp³-hybridized carbons (Fsp3) is 0.538. The third-order valence-corrected chi connectivity index (χ3v) is 5.02. The smallest absolute Gasteiger partial charge is 0.408 e. The zero-order valence-electron chi connectivity index (χ0n) is 21.3. The number of carbonyl (C=O) groups is 4. The lowest BCUT2D eigenvalue weighted by atomic mass is 9.96. The van der Waals surface area contributed by atoms with Gasteiger partial charge in [0, 0.05) is 17.1 Å². The maximum Gasteiger partial charge on any atom is 0.408 e. The quantitative estimate of drug-likeness (QED) is 0.488. The van der Waals surface area contributed by atoms with Gasteiger partial charge in [-0.3, -0.25) is 14.4 Å². The van der Waals surface area contributed by atoms with E-state index in [1.807, 2.05) is 20.8 Å². The minimum atomic E-state index is -1.31. The van der Waals surface area contributed by atoms with Gasteiger partial charge in [0.1, 0.15) is 17.7 Å². The van der Waals surface area contributed by atoms with Gasteiger partial charge in [-0.2, -0.15) is 0 Å². The van der Waals surface area contributed by atoms with Crippen LogP contribution in [0.2, 0.25) is 0 Å². The summed E-state index contributed by atoms with van der Waals surface area (Å²) in [6.45, 7) is 10.5. The summed E-state index contributed by atoms with van der Waals surface area (Å²) in [6.07, 6.45) is 5.72. The van der Waals surface area contributed by atoms with Crippen molar-refractivity contribution in [2.75, 3.05) is 0 Å². The van der Waals surface area contributed by atoms with Crippen LogP contribution in [0.5, 0.6) is 0 Å². The number of terminal acetylenes is 1. The van der Waals surface area contributed by atoms with E-state index in [0.717, 1.165) is 0 Å². The molecule has 1 saturated carbocycles. The highest BCUT2D eigenvalue weighted by Crippen LogP contribution is 2.37. The van der Waals surface area contributed by atoms with Crippen molar-refractivity contribution < 1.29 is 23.9 Å². The van der Waals surface area contributed by atoms with Crippen molar-refractivity contribution in [1.82, 2.24) is 15.5 Å². The van der Waals surface area contributed by atoms with Crippen molar-refractivity contribution in [3.05, 3.63) is 35.4 Å². The highest BCUT2D eigenvalue weighted by molar-refractivity contribution is 5.95. The highest BCUT2D eigenvalue weighted by Gasteiger charge is 2.45.